The van der Waals surface area contributed by atoms with Crippen LogP contribution in [0.4, 0.5) is 19.0 Å². The van der Waals surface area contributed by atoms with Crippen molar-refractivity contribution < 1.29 is 13.2 Å². The van der Waals surface area contributed by atoms with Crippen LogP contribution in [0, 0.1) is 11.3 Å². The van der Waals surface area contributed by atoms with Gasteiger partial charge in [0.05, 0.1) is 5.56 Å². The number of halogens is 3. The molecule has 0 radical (unpaired) electrons. The van der Waals surface area contributed by atoms with Crippen LogP contribution in [0.1, 0.15) is 56.2 Å². The van der Waals surface area contributed by atoms with Crippen LogP contribution in [0.2, 0.25) is 0 Å². The molecule has 1 aromatic rings. The van der Waals surface area contributed by atoms with Crippen LogP contribution < -0.4 is 5.32 Å². The molecule has 1 N–H and O–H groups in total. The summed E-state index contributed by atoms with van der Waals surface area (Å²) < 4.78 is 38.2. The summed E-state index contributed by atoms with van der Waals surface area (Å²) in [4.78, 5) is 3.60. The number of anilines is 1. The number of hydrogen-bond donors (Lipinski definition) is 1. The summed E-state index contributed by atoms with van der Waals surface area (Å²) in [6.07, 6.45) is 2.95. The summed E-state index contributed by atoms with van der Waals surface area (Å²) in [5.41, 5.74) is -0.806. The number of rotatable bonds is 2. The predicted octanol–water partition coefficient (Wildman–Crippen LogP) is 4.50. The number of pyridine rings is 1. The summed E-state index contributed by atoms with van der Waals surface area (Å²) in [6, 6.07) is 4.02. The molecule has 0 unspecified atom stereocenters. The summed E-state index contributed by atoms with van der Waals surface area (Å²) in [7, 11) is 0. The van der Waals surface area contributed by atoms with Crippen molar-refractivity contribution in [1.29, 1.82) is 5.26 Å². The van der Waals surface area contributed by atoms with E-state index in [-0.39, 0.29) is 17.4 Å². The molecule has 0 saturated heterocycles. The lowest BCUT2D eigenvalue weighted by molar-refractivity contribution is -0.141. The average molecular weight is 297 g/mol. The number of hydrogen-bond acceptors (Lipinski definition) is 3. The third kappa shape index (κ3) is 4.35. The van der Waals surface area contributed by atoms with Gasteiger partial charge in [-0.1, -0.05) is 32.1 Å². The van der Waals surface area contributed by atoms with Crippen molar-refractivity contribution in [1.82, 2.24) is 4.98 Å². The Hall–Kier alpha value is -1.77. The Labute approximate surface area is 122 Å². The topological polar surface area (TPSA) is 48.7 Å². The summed E-state index contributed by atoms with van der Waals surface area (Å²) in [5, 5.41) is 12.1. The van der Waals surface area contributed by atoms with Crippen molar-refractivity contribution in [2.45, 2.75) is 57.2 Å². The number of nitrogens with one attached hydrogen (secondary N) is 1. The van der Waals surface area contributed by atoms with E-state index >= 15 is 0 Å². The van der Waals surface area contributed by atoms with Crippen LogP contribution in [-0.4, -0.2) is 11.0 Å². The minimum Gasteiger partial charge on any atom is -0.366 e. The summed E-state index contributed by atoms with van der Waals surface area (Å²) in [6.45, 7) is 0. The lowest BCUT2D eigenvalue weighted by atomic mass is 9.96. The molecule has 3 nitrogen and oxygen atoms in total. The van der Waals surface area contributed by atoms with Crippen LogP contribution in [0.5, 0.6) is 0 Å². The van der Waals surface area contributed by atoms with Crippen LogP contribution in [-0.2, 0) is 6.18 Å². The minimum atomic E-state index is -4.49. The van der Waals surface area contributed by atoms with E-state index in [0.29, 0.717) is 0 Å². The van der Waals surface area contributed by atoms with Gasteiger partial charge in [0.25, 0.3) is 0 Å². The fourth-order valence-corrected chi connectivity index (χ4v) is 2.61. The molecule has 1 saturated carbocycles. The monoisotopic (exact) mass is 297 g/mol. The van der Waals surface area contributed by atoms with E-state index in [1.54, 1.807) is 0 Å². The van der Waals surface area contributed by atoms with Crippen LogP contribution in [0.3, 0.4) is 0 Å². The predicted molar refractivity (Wildman–Crippen MR) is 73.7 cm³/mol. The molecule has 0 aromatic carbocycles. The number of nitriles is 1. The molecule has 0 spiro atoms. The van der Waals surface area contributed by atoms with E-state index in [2.05, 4.69) is 10.3 Å². The normalized spacial score (nSPS) is 17.6. The van der Waals surface area contributed by atoms with Gasteiger partial charge in [-0.3, -0.25) is 0 Å². The molecule has 1 fully saturated rings. The fourth-order valence-electron chi connectivity index (χ4n) is 2.61. The molecule has 6 heteroatoms. The Morgan fingerprint density at radius 2 is 1.71 bits per heavy atom. The second kappa shape index (κ2) is 6.79. The van der Waals surface area contributed by atoms with Gasteiger partial charge in [0.2, 0.25) is 0 Å². The van der Waals surface area contributed by atoms with Crippen LogP contribution >= 0.6 is 0 Å². The molecule has 0 amide bonds. The van der Waals surface area contributed by atoms with Gasteiger partial charge in [-0.15, -0.1) is 0 Å². The van der Waals surface area contributed by atoms with E-state index in [0.717, 1.165) is 44.6 Å². The molecular weight excluding hydrogens is 279 g/mol. The fraction of sp³-hybridized carbons (Fsp3) is 0.600. The number of aromatic nitrogens is 1. The van der Waals surface area contributed by atoms with E-state index in [9.17, 15) is 13.2 Å². The summed E-state index contributed by atoms with van der Waals surface area (Å²) >= 11 is 0. The molecule has 2 rings (SSSR count). The lowest BCUT2D eigenvalue weighted by Crippen LogP contribution is -2.23. The molecule has 0 aliphatic heterocycles. The first-order chi connectivity index (χ1) is 10.0. The summed E-state index contributed by atoms with van der Waals surface area (Å²) in [5.74, 6) is 0.0536. The van der Waals surface area contributed by atoms with E-state index in [1.165, 1.54) is 12.5 Å². The molecule has 21 heavy (non-hydrogen) atoms. The zero-order valence-electron chi connectivity index (χ0n) is 11.7. The van der Waals surface area contributed by atoms with E-state index in [1.807, 2.05) is 6.07 Å². The molecule has 114 valence electrons. The second-order valence-corrected chi connectivity index (χ2v) is 5.39. The zero-order chi connectivity index (χ0) is 15.3. The first-order valence-corrected chi connectivity index (χ1v) is 7.25. The lowest BCUT2D eigenvalue weighted by Gasteiger charge is -2.22. The van der Waals surface area contributed by atoms with Crippen LogP contribution in [0.25, 0.3) is 0 Å². The van der Waals surface area contributed by atoms with E-state index in [4.69, 9.17) is 5.26 Å². The molecule has 1 aliphatic carbocycles. The average Bonchev–Trinajstić information content (AvgIpc) is 2.40. The highest BCUT2D eigenvalue weighted by atomic mass is 19.4. The van der Waals surface area contributed by atoms with Gasteiger partial charge in [0.1, 0.15) is 17.6 Å². The van der Waals surface area contributed by atoms with Gasteiger partial charge in [0, 0.05) is 6.04 Å². The van der Waals surface area contributed by atoms with Gasteiger partial charge in [-0.25, -0.2) is 4.98 Å². The van der Waals surface area contributed by atoms with Gasteiger partial charge in [-0.2, -0.15) is 18.4 Å². The quantitative estimate of drug-likeness (QED) is 0.874. The molecule has 1 aromatic heterocycles. The number of nitrogens with zero attached hydrogens (tertiary/aromatic N) is 2. The van der Waals surface area contributed by atoms with Crippen molar-refractivity contribution >= 4 is 5.82 Å². The van der Waals surface area contributed by atoms with Crippen molar-refractivity contribution in [3.05, 3.63) is 23.4 Å². The molecule has 1 aliphatic rings. The third-order valence-electron chi connectivity index (χ3n) is 3.75. The van der Waals surface area contributed by atoms with Gasteiger partial charge in [-0.05, 0) is 25.0 Å². The number of alkyl halides is 3. The first kappa shape index (κ1) is 15.6. The van der Waals surface area contributed by atoms with Gasteiger partial charge in [0.15, 0.2) is 0 Å². The highest BCUT2D eigenvalue weighted by Crippen LogP contribution is 2.30. The van der Waals surface area contributed by atoms with Crippen molar-refractivity contribution in [3.8, 4) is 6.07 Å². The molecular formula is C15H18F3N3. The largest absolute Gasteiger partial charge is 0.433 e. The Bertz CT molecular complexity index is 512. The molecule has 0 atom stereocenters. The Morgan fingerprint density at radius 1 is 1.10 bits per heavy atom. The van der Waals surface area contributed by atoms with Gasteiger partial charge < -0.3 is 5.32 Å². The third-order valence-corrected chi connectivity index (χ3v) is 3.75. The maximum absolute atomic E-state index is 12.7. The molecule has 0 bridgehead atoms. The van der Waals surface area contributed by atoms with Crippen molar-refractivity contribution in [2.24, 2.45) is 0 Å². The SMILES string of the molecule is N#Cc1ccc(C(F)(F)F)nc1NC1CCCCCCC1. The minimum absolute atomic E-state index is 0.0536. The first-order valence-electron chi connectivity index (χ1n) is 7.25. The highest BCUT2D eigenvalue weighted by Gasteiger charge is 2.33. The second-order valence-electron chi connectivity index (χ2n) is 5.39. The van der Waals surface area contributed by atoms with Gasteiger partial charge >= 0.3 is 6.18 Å². The Balaban J connectivity index is 2.18. The Morgan fingerprint density at radius 3 is 2.29 bits per heavy atom. The maximum atomic E-state index is 12.7. The smallest absolute Gasteiger partial charge is 0.366 e. The van der Waals surface area contributed by atoms with Crippen LogP contribution in [0.15, 0.2) is 12.1 Å². The molecule has 1 heterocycles. The maximum Gasteiger partial charge on any atom is 0.433 e. The van der Waals surface area contributed by atoms with Crippen molar-refractivity contribution in [3.63, 3.8) is 0 Å². The Kier molecular flexibility index (Phi) is 5.05. The zero-order valence-corrected chi connectivity index (χ0v) is 11.7. The standard InChI is InChI=1S/C15H18F3N3/c16-15(17,18)13-9-8-11(10-19)14(21-13)20-12-6-4-2-1-3-5-7-12/h8-9,12H,1-7H2,(H,20,21). The van der Waals surface area contributed by atoms with Crippen molar-refractivity contribution in [2.75, 3.05) is 5.32 Å². The van der Waals surface area contributed by atoms with E-state index < -0.39 is 11.9 Å². The highest BCUT2D eigenvalue weighted by molar-refractivity contribution is 5.53.